The normalized spacial score (nSPS) is 26.7. The number of rotatable bonds is 5. The first kappa shape index (κ1) is 19.7. The standard InChI is InChI=1S/C24H29BrN6/c25-20-15-28-31-23(27-14-17-2-1-7-26-13-17)12-21(29-24(20)31)18-5-8-30(9-6-18)22-11-16-3-4-19(22)10-16/h1-2,7,12-13,15-16,18-19,22,27H,3-6,8-11,14H2. The fourth-order valence-corrected chi connectivity index (χ4v) is 6.52. The van der Waals surface area contributed by atoms with Crippen LogP contribution in [0, 0.1) is 11.8 Å². The number of aromatic nitrogens is 4. The molecule has 1 saturated heterocycles. The van der Waals surface area contributed by atoms with Gasteiger partial charge in [0.1, 0.15) is 5.82 Å². The Kier molecular flexibility index (Phi) is 5.19. The van der Waals surface area contributed by atoms with Gasteiger partial charge in [0.05, 0.1) is 10.7 Å². The molecular weight excluding hydrogens is 452 g/mol. The summed E-state index contributed by atoms with van der Waals surface area (Å²) in [6.45, 7) is 3.14. The highest BCUT2D eigenvalue weighted by molar-refractivity contribution is 9.10. The van der Waals surface area contributed by atoms with Crippen LogP contribution in [-0.2, 0) is 6.54 Å². The third kappa shape index (κ3) is 3.76. The van der Waals surface area contributed by atoms with Crippen LogP contribution in [0.15, 0.2) is 41.3 Å². The van der Waals surface area contributed by atoms with Gasteiger partial charge in [-0.3, -0.25) is 4.98 Å². The highest BCUT2D eigenvalue weighted by Crippen LogP contribution is 2.47. The molecule has 4 heterocycles. The van der Waals surface area contributed by atoms with Gasteiger partial charge in [0.15, 0.2) is 5.65 Å². The maximum Gasteiger partial charge on any atom is 0.171 e. The van der Waals surface area contributed by atoms with Crippen LogP contribution in [0.2, 0.25) is 0 Å². The number of nitrogens with one attached hydrogen (secondary N) is 1. The summed E-state index contributed by atoms with van der Waals surface area (Å²) in [5.74, 6) is 3.50. The molecule has 3 aliphatic rings. The molecule has 0 radical (unpaired) electrons. The summed E-state index contributed by atoms with van der Waals surface area (Å²) in [4.78, 5) is 12.0. The first-order valence-corrected chi connectivity index (χ1v) is 12.4. The van der Waals surface area contributed by atoms with Crippen molar-refractivity contribution in [1.82, 2.24) is 24.5 Å². The zero-order valence-electron chi connectivity index (χ0n) is 17.8. The van der Waals surface area contributed by atoms with Gasteiger partial charge in [-0.05, 0) is 84.6 Å². The van der Waals surface area contributed by atoms with E-state index in [1.54, 1.807) is 6.20 Å². The molecule has 3 aromatic rings. The number of anilines is 1. The molecule has 1 N–H and O–H groups in total. The van der Waals surface area contributed by atoms with Crippen molar-refractivity contribution in [1.29, 1.82) is 0 Å². The summed E-state index contributed by atoms with van der Waals surface area (Å²) in [6.07, 6.45) is 13.8. The van der Waals surface area contributed by atoms with E-state index < -0.39 is 0 Å². The molecule has 3 unspecified atom stereocenters. The number of piperidine rings is 1. The molecule has 31 heavy (non-hydrogen) atoms. The second-order valence-electron chi connectivity index (χ2n) is 9.56. The molecule has 3 aromatic heterocycles. The van der Waals surface area contributed by atoms with Crippen LogP contribution in [0.1, 0.15) is 55.7 Å². The molecule has 6 nitrogen and oxygen atoms in total. The average Bonchev–Trinajstić information content (AvgIpc) is 3.55. The topological polar surface area (TPSA) is 58.4 Å². The number of likely N-dealkylation sites (tertiary alicyclic amines) is 1. The predicted molar refractivity (Wildman–Crippen MR) is 125 cm³/mol. The molecule has 1 aliphatic heterocycles. The number of fused-ring (bicyclic) bond motifs is 3. The van der Waals surface area contributed by atoms with E-state index in [1.807, 2.05) is 23.0 Å². The molecule has 6 rings (SSSR count). The number of hydrogen-bond donors (Lipinski definition) is 1. The third-order valence-electron chi connectivity index (χ3n) is 7.76. The fraction of sp³-hybridized carbons (Fsp3) is 0.542. The van der Waals surface area contributed by atoms with Gasteiger partial charge in [-0.1, -0.05) is 12.5 Å². The number of halogens is 1. The average molecular weight is 481 g/mol. The molecule has 2 bridgehead atoms. The van der Waals surface area contributed by atoms with Crippen molar-refractivity contribution >= 4 is 27.4 Å². The lowest BCUT2D eigenvalue weighted by molar-refractivity contribution is 0.110. The molecule has 0 aromatic carbocycles. The maximum atomic E-state index is 5.02. The van der Waals surface area contributed by atoms with Gasteiger partial charge in [-0.2, -0.15) is 9.61 Å². The Bertz CT molecular complexity index is 1060. The third-order valence-corrected chi connectivity index (χ3v) is 8.32. The summed E-state index contributed by atoms with van der Waals surface area (Å²) in [5.41, 5.74) is 3.23. The van der Waals surface area contributed by atoms with Gasteiger partial charge < -0.3 is 10.2 Å². The largest absolute Gasteiger partial charge is 0.366 e. The van der Waals surface area contributed by atoms with Crippen LogP contribution >= 0.6 is 15.9 Å². The highest BCUT2D eigenvalue weighted by Gasteiger charge is 2.43. The quantitative estimate of drug-likeness (QED) is 0.564. The molecule has 7 heteroatoms. The lowest BCUT2D eigenvalue weighted by Gasteiger charge is -2.39. The van der Waals surface area contributed by atoms with E-state index in [2.05, 4.69) is 48.4 Å². The van der Waals surface area contributed by atoms with Crippen molar-refractivity contribution in [3.63, 3.8) is 0 Å². The van der Waals surface area contributed by atoms with Crippen LogP contribution < -0.4 is 5.32 Å². The predicted octanol–water partition coefficient (Wildman–Crippen LogP) is 4.87. The van der Waals surface area contributed by atoms with E-state index in [-0.39, 0.29) is 0 Å². The first-order valence-electron chi connectivity index (χ1n) is 11.7. The molecule has 0 amide bonds. The van der Waals surface area contributed by atoms with Crippen LogP contribution in [0.5, 0.6) is 0 Å². The van der Waals surface area contributed by atoms with E-state index >= 15 is 0 Å². The van der Waals surface area contributed by atoms with Gasteiger partial charge in [0.25, 0.3) is 0 Å². The minimum absolute atomic E-state index is 0.514. The Balaban J connectivity index is 1.20. The Hall–Kier alpha value is -1.99. The Morgan fingerprint density at radius 1 is 1.10 bits per heavy atom. The van der Waals surface area contributed by atoms with Crippen LogP contribution in [0.4, 0.5) is 5.82 Å². The summed E-state index contributed by atoms with van der Waals surface area (Å²) < 4.78 is 2.84. The van der Waals surface area contributed by atoms with E-state index in [1.165, 1.54) is 57.3 Å². The van der Waals surface area contributed by atoms with E-state index in [0.717, 1.165) is 39.4 Å². The van der Waals surface area contributed by atoms with Gasteiger partial charge in [0.2, 0.25) is 0 Å². The zero-order valence-corrected chi connectivity index (χ0v) is 19.3. The Labute approximate surface area is 191 Å². The Morgan fingerprint density at radius 2 is 2.00 bits per heavy atom. The second kappa shape index (κ2) is 8.17. The summed E-state index contributed by atoms with van der Waals surface area (Å²) in [6, 6.07) is 7.12. The maximum absolute atomic E-state index is 5.02. The van der Waals surface area contributed by atoms with Crippen molar-refractivity contribution in [3.05, 3.63) is 52.5 Å². The van der Waals surface area contributed by atoms with Crippen molar-refractivity contribution in [2.24, 2.45) is 11.8 Å². The van der Waals surface area contributed by atoms with Crippen LogP contribution in [-0.4, -0.2) is 43.6 Å². The van der Waals surface area contributed by atoms with Gasteiger partial charge in [-0.25, -0.2) is 4.98 Å². The monoisotopic (exact) mass is 480 g/mol. The van der Waals surface area contributed by atoms with E-state index in [4.69, 9.17) is 4.98 Å². The van der Waals surface area contributed by atoms with E-state index in [0.29, 0.717) is 12.5 Å². The minimum Gasteiger partial charge on any atom is -0.366 e. The lowest BCUT2D eigenvalue weighted by atomic mass is 9.88. The van der Waals surface area contributed by atoms with Crippen molar-refractivity contribution in [3.8, 4) is 0 Å². The number of hydrogen-bond acceptors (Lipinski definition) is 5. The molecular formula is C24H29BrN6. The molecule has 3 fully saturated rings. The van der Waals surface area contributed by atoms with Gasteiger partial charge >= 0.3 is 0 Å². The fourth-order valence-electron chi connectivity index (χ4n) is 6.17. The summed E-state index contributed by atoms with van der Waals surface area (Å²) >= 11 is 3.64. The van der Waals surface area contributed by atoms with Crippen molar-refractivity contribution in [2.75, 3.05) is 18.4 Å². The summed E-state index contributed by atoms with van der Waals surface area (Å²) in [5, 5.41) is 8.08. The second-order valence-corrected chi connectivity index (χ2v) is 10.4. The SMILES string of the molecule is Brc1cnn2c(NCc3cccnc3)cc(C3CCN(C4CC5CCC4C5)CC3)nc12. The lowest BCUT2D eigenvalue weighted by Crippen LogP contribution is -2.43. The van der Waals surface area contributed by atoms with Crippen LogP contribution in [0.3, 0.4) is 0 Å². The minimum atomic E-state index is 0.514. The van der Waals surface area contributed by atoms with E-state index in [9.17, 15) is 0 Å². The smallest absolute Gasteiger partial charge is 0.171 e. The first-order chi connectivity index (χ1) is 15.2. The number of nitrogens with zero attached hydrogens (tertiary/aromatic N) is 5. The zero-order chi connectivity index (χ0) is 20.8. The molecule has 3 atom stereocenters. The molecule has 162 valence electrons. The van der Waals surface area contributed by atoms with Gasteiger partial charge in [-0.15, -0.1) is 0 Å². The molecule has 2 saturated carbocycles. The highest BCUT2D eigenvalue weighted by atomic mass is 79.9. The molecule has 0 spiro atoms. The summed E-state index contributed by atoms with van der Waals surface area (Å²) in [7, 11) is 0. The van der Waals surface area contributed by atoms with Crippen molar-refractivity contribution in [2.45, 2.75) is 57.0 Å². The number of pyridine rings is 1. The van der Waals surface area contributed by atoms with Crippen LogP contribution in [0.25, 0.3) is 5.65 Å². The Morgan fingerprint density at radius 3 is 2.74 bits per heavy atom. The molecule has 2 aliphatic carbocycles. The van der Waals surface area contributed by atoms with Gasteiger partial charge in [0, 0.05) is 42.7 Å². The van der Waals surface area contributed by atoms with Crippen molar-refractivity contribution < 1.29 is 0 Å².